The molecule has 2 aromatic rings. The van der Waals surface area contributed by atoms with Gasteiger partial charge in [0.25, 0.3) is 5.91 Å². The summed E-state index contributed by atoms with van der Waals surface area (Å²) in [7, 11) is 0. The third-order valence-electron chi connectivity index (χ3n) is 3.94. The number of halogens is 1. The minimum Gasteiger partial charge on any atom is -0.481 e. The van der Waals surface area contributed by atoms with Crippen molar-refractivity contribution in [1.82, 2.24) is 14.7 Å². The Hall–Kier alpha value is -2.15. The van der Waals surface area contributed by atoms with Crippen molar-refractivity contribution in [2.45, 2.75) is 12.8 Å². The number of carbonyl (C=O) groups is 2. The van der Waals surface area contributed by atoms with Gasteiger partial charge in [-0.2, -0.15) is 5.10 Å². The number of hydrogen-bond acceptors (Lipinski definition) is 3. The summed E-state index contributed by atoms with van der Waals surface area (Å²) in [6, 6.07) is 9.27. The fourth-order valence-corrected chi connectivity index (χ4v) is 3.11. The molecular formula is C16H16BrN3O3. The van der Waals surface area contributed by atoms with Crippen molar-refractivity contribution in [2.24, 2.45) is 5.92 Å². The van der Waals surface area contributed by atoms with Crippen molar-refractivity contribution in [3.8, 4) is 5.69 Å². The van der Waals surface area contributed by atoms with Crippen molar-refractivity contribution in [1.29, 1.82) is 0 Å². The number of benzene rings is 1. The van der Waals surface area contributed by atoms with Crippen LogP contribution < -0.4 is 0 Å². The Morgan fingerprint density at radius 1 is 1.30 bits per heavy atom. The van der Waals surface area contributed by atoms with Crippen LogP contribution >= 0.6 is 15.9 Å². The molecule has 1 amide bonds. The molecule has 23 heavy (non-hydrogen) atoms. The van der Waals surface area contributed by atoms with Crippen LogP contribution in [0.15, 0.2) is 41.0 Å². The van der Waals surface area contributed by atoms with Gasteiger partial charge in [0.1, 0.15) is 0 Å². The quantitative estimate of drug-likeness (QED) is 0.891. The SMILES string of the molecule is O=C(O)[C@H]1CCCN(C(=O)c2ccn(-c3cccc(Br)c3)n2)C1. The lowest BCUT2D eigenvalue weighted by Crippen LogP contribution is -2.42. The van der Waals surface area contributed by atoms with Crippen molar-refractivity contribution in [2.75, 3.05) is 13.1 Å². The second-order valence-electron chi connectivity index (χ2n) is 5.55. The maximum atomic E-state index is 12.5. The lowest BCUT2D eigenvalue weighted by Gasteiger charge is -2.30. The molecule has 6 nitrogen and oxygen atoms in total. The van der Waals surface area contributed by atoms with Crippen molar-refractivity contribution >= 4 is 27.8 Å². The standard InChI is InChI=1S/C16H16BrN3O3/c17-12-4-1-5-13(9-12)20-8-6-14(18-20)15(21)19-7-2-3-11(10-19)16(22)23/h1,4-6,8-9,11H,2-3,7,10H2,(H,22,23)/t11-/m0/s1. The molecule has 1 saturated heterocycles. The molecule has 1 atom stereocenters. The van der Waals surface area contributed by atoms with E-state index in [0.717, 1.165) is 10.2 Å². The Kier molecular flexibility index (Phi) is 4.47. The number of aliphatic carboxylic acids is 1. The van der Waals surface area contributed by atoms with Crippen LogP contribution in [0.2, 0.25) is 0 Å². The van der Waals surface area contributed by atoms with E-state index in [1.807, 2.05) is 24.3 Å². The summed E-state index contributed by atoms with van der Waals surface area (Å²) >= 11 is 3.41. The zero-order valence-corrected chi connectivity index (χ0v) is 13.9. The minimum atomic E-state index is -0.845. The van der Waals surface area contributed by atoms with Crippen molar-refractivity contribution < 1.29 is 14.7 Å². The number of piperidine rings is 1. The lowest BCUT2D eigenvalue weighted by molar-refractivity contribution is -0.143. The summed E-state index contributed by atoms with van der Waals surface area (Å²) in [5.74, 6) is -1.55. The Balaban J connectivity index is 1.77. The largest absolute Gasteiger partial charge is 0.481 e. The highest BCUT2D eigenvalue weighted by Crippen LogP contribution is 2.19. The molecule has 7 heteroatoms. The van der Waals surface area contributed by atoms with E-state index < -0.39 is 11.9 Å². The normalized spacial score (nSPS) is 18.0. The molecule has 1 aromatic heterocycles. The van der Waals surface area contributed by atoms with Crippen LogP contribution in [0.5, 0.6) is 0 Å². The summed E-state index contributed by atoms with van der Waals surface area (Å²) in [4.78, 5) is 25.2. The Bertz CT molecular complexity index is 744. The highest BCUT2D eigenvalue weighted by Gasteiger charge is 2.29. The summed E-state index contributed by atoms with van der Waals surface area (Å²) in [5, 5.41) is 13.4. The van der Waals surface area contributed by atoms with E-state index in [9.17, 15) is 9.59 Å². The molecule has 0 aliphatic carbocycles. The number of rotatable bonds is 3. The van der Waals surface area contributed by atoms with Crippen LogP contribution in [0.3, 0.4) is 0 Å². The van der Waals surface area contributed by atoms with Gasteiger partial charge in [0.05, 0.1) is 11.6 Å². The van der Waals surface area contributed by atoms with Gasteiger partial charge in [0.2, 0.25) is 0 Å². The first-order valence-corrected chi connectivity index (χ1v) is 8.17. The van der Waals surface area contributed by atoms with Gasteiger partial charge in [-0.15, -0.1) is 0 Å². The highest BCUT2D eigenvalue weighted by atomic mass is 79.9. The predicted molar refractivity (Wildman–Crippen MR) is 87.5 cm³/mol. The van der Waals surface area contributed by atoms with Crippen molar-refractivity contribution in [3.05, 3.63) is 46.7 Å². The van der Waals surface area contributed by atoms with Gasteiger partial charge in [0, 0.05) is 23.8 Å². The van der Waals surface area contributed by atoms with E-state index in [1.54, 1.807) is 21.8 Å². The third kappa shape index (κ3) is 3.44. The number of amides is 1. The molecular weight excluding hydrogens is 362 g/mol. The topological polar surface area (TPSA) is 75.4 Å². The number of carbonyl (C=O) groups excluding carboxylic acids is 1. The van der Waals surface area contributed by atoms with Gasteiger partial charge in [-0.1, -0.05) is 22.0 Å². The maximum absolute atomic E-state index is 12.5. The first kappa shape index (κ1) is 15.7. The summed E-state index contributed by atoms with van der Waals surface area (Å²) in [6.45, 7) is 0.824. The first-order valence-electron chi connectivity index (χ1n) is 7.38. The Morgan fingerprint density at radius 2 is 2.13 bits per heavy atom. The van der Waals surface area contributed by atoms with Gasteiger partial charge < -0.3 is 10.0 Å². The van der Waals surface area contributed by atoms with Crippen LogP contribution in [0.25, 0.3) is 5.69 Å². The van der Waals surface area contributed by atoms with E-state index in [2.05, 4.69) is 21.0 Å². The van der Waals surface area contributed by atoms with Crippen LogP contribution in [0.4, 0.5) is 0 Å². The van der Waals surface area contributed by atoms with Crippen LogP contribution in [0, 0.1) is 5.92 Å². The van der Waals surface area contributed by atoms with E-state index in [0.29, 0.717) is 25.1 Å². The Morgan fingerprint density at radius 3 is 2.87 bits per heavy atom. The zero-order valence-electron chi connectivity index (χ0n) is 12.4. The van der Waals surface area contributed by atoms with E-state index >= 15 is 0 Å². The molecule has 0 unspecified atom stereocenters. The molecule has 0 saturated carbocycles. The third-order valence-corrected chi connectivity index (χ3v) is 4.43. The molecule has 0 radical (unpaired) electrons. The fourth-order valence-electron chi connectivity index (χ4n) is 2.73. The number of carboxylic acids is 1. The van der Waals surface area contributed by atoms with Crippen molar-refractivity contribution in [3.63, 3.8) is 0 Å². The van der Waals surface area contributed by atoms with Gasteiger partial charge in [-0.05, 0) is 37.1 Å². The summed E-state index contributed by atoms with van der Waals surface area (Å²) in [6.07, 6.45) is 3.05. The molecule has 1 aromatic carbocycles. The average Bonchev–Trinajstić information content (AvgIpc) is 3.04. The molecule has 0 bridgehead atoms. The predicted octanol–water partition coefficient (Wildman–Crippen LogP) is 2.57. The van der Waals surface area contributed by atoms with Gasteiger partial charge in [-0.3, -0.25) is 9.59 Å². The molecule has 1 fully saturated rings. The fraction of sp³-hybridized carbons (Fsp3) is 0.312. The maximum Gasteiger partial charge on any atom is 0.308 e. The van der Waals surface area contributed by atoms with Gasteiger partial charge in [-0.25, -0.2) is 4.68 Å². The van der Waals surface area contributed by atoms with E-state index in [4.69, 9.17) is 5.11 Å². The minimum absolute atomic E-state index is 0.218. The number of aromatic nitrogens is 2. The number of nitrogens with zero attached hydrogens (tertiary/aromatic N) is 3. The molecule has 3 rings (SSSR count). The molecule has 2 heterocycles. The van der Waals surface area contributed by atoms with Gasteiger partial charge >= 0.3 is 5.97 Å². The van der Waals surface area contributed by atoms with E-state index in [1.165, 1.54) is 0 Å². The lowest BCUT2D eigenvalue weighted by atomic mass is 9.98. The molecule has 1 N–H and O–H groups in total. The number of likely N-dealkylation sites (tertiary alicyclic amines) is 1. The van der Waals surface area contributed by atoms with Gasteiger partial charge in [0.15, 0.2) is 5.69 Å². The van der Waals surface area contributed by atoms with Crippen LogP contribution in [0.1, 0.15) is 23.3 Å². The summed E-state index contributed by atoms with van der Waals surface area (Å²) in [5.41, 5.74) is 1.18. The highest BCUT2D eigenvalue weighted by molar-refractivity contribution is 9.10. The number of carboxylic acid groups (broad SMARTS) is 1. The van der Waals surface area contributed by atoms with Crippen LogP contribution in [-0.4, -0.2) is 44.8 Å². The van der Waals surface area contributed by atoms with E-state index in [-0.39, 0.29) is 12.5 Å². The second kappa shape index (κ2) is 6.54. The molecule has 1 aliphatic rings. The monoisotopic (exact) mass is 377 g/mol. The average molecular weight is 378 g/mol. The molecule has 1 aliphatic heterocycles. The van der Waals surface area contributed by atoms with Crippen LogP contribution in [-0.2, 0) is 4.79 Å². The molecule has 120 valence electrons. The molecule has 0 spiro atoms. The zero-order chi connectivity index (χ0) is 16.4. The summed E-state index contributed by atoms with van der Waals surface area (Å²) < 4.78 is 2.56. The second-order valence-corrected chi connectivity index (χ2v) is 6.47. The Labute approximate surface area is 141 Å². The number of hydrogen-bond donors (Lipinski definition) is 1. The smallest absolute Gasteiger partial charge is 0.308 e. The first-order chi connectivity index (χ1) is 11.0.